The van der Waals surface area contributed by atoms with Gasteiger partial charge < -0.3 is 20.3 Å². The number of ether oxygens (including phenoxy) is 1. The van der Waals surface area contributed by atoms with E-state index in [-0.39, 0.29) is 29.8 Å². The number of piperidine rings is 1. The first kappa shape index (κ1) is 19.6. The van der Waals surface area contributed by atoms with Gasteiger partial charge in [-0.2, -0.15) is 0 Å². The number of rotatable bonds is 5. The SMILES string of the molecule is CC12CC(C(N)=O)N(C(=O)CN3CCc4cc(Oc5ccccc5)ccc4C3=O)C1C2. The van der Waals surface area contributed by atoms with Crippen molar-refractivity contribution in [3.05, 3.63) is 59.7 Å². The number of hydrogen-bond acceptors (Lipinski definition) is 4. The van der Waals surface area contributed by atoms with Crippen LogP contribution in [0.2, 0.25) is 0 Å². The molecule has 0 aromatic heterocycles. The first-order valence-electron chi connectivity index (χ1n) is 10.6. The van der Waals surface area contributed by atoms with Gasteiger partial charge in [0.15, 0.2) is 0 Å². The highest BCUT2D eigenvalue weighted by molar-refractivity contribution is 5.99. The van der Waals surface area contributed by atoms with E-state index in [2.05, 4.69) is 6.92 Å². The third-order valence-corrected chi connectivity index (χ3v) is 6.80. The van der Waals surface area contributed by atoms with Gasteiger partial charge in [0, 0.05) is 18.2 Å². The summed E-state index contributed by atoms with van der Waals surface area (Å²) in [7, 11) is 0. The van der Waals surface area contributed by atoms with Crippen LogP contribution in [0.1, 0.15) is 35.7 Å². The third-order valence-electron chi connectivity index (χ3n) is 6.80. The number of benzene rings is 2. The second-order valence-corrected chi connectivity index (χ2v) is 9.01. The van der Waals surface area contributed by atoms with E-state index >= 15 is 0 Å². The minimum Gasteiger partial charge on any atom is -0.457 e. The summed E-state index contributed by atoms with van der Waals surface area (Å²) >= 11 is 0. The maximum atomic E-state index is 13.0. The third kappa shape index (κ3) is 3.44. The lowest BCUT2D eigenvalue weighted by Gasteiger charge is -2.32. The maximum Gasteiger partial charge on any atom is 0.254 e. The van der Waals surface area contributed by atoms with Crippen LogP contribution >= 0.6 is 0 Å². The quantitative estimate of drug-likeness (QED) is 0.805. The van der Waals surface area contributed by atoms with Crippen LogP contribution in [0, 0.1) is 5.41 Å². The van der Waals surface area contributed by atoms with Crippen LogP contribution in [-0.4, -0.2) is 52.7 Å². The summed E-state index contributed by atoms with van der Waals surface area (Å²) in [4.78, 5) is 41.1. The van der Waals surface area contributed by atoms with E-state index < -0.39 is 11.9 Å². The molecule has 7 heteroatoms. The van der Waals surface area contributed by atoms with Gasteiger partial charge in [-0.3, -0.25) is 14.4 Å². The molecule has 0 spiro atoms. The smallest absolute Gasteiger partial charge is 0.254 e. The summed E-state index contributed by atoms with van der Waals surface area (Å²) < 4.78 is 5.87. The Bertz CT molecular complexity index is 1070. The Morgan fingerprint density at radius 3 is 2.65 bits per heavy atom. The van der Waals surface area contributed by atoms with E-state index in [0.29, 0.717) is 30.7 Å². The van der Waals surface area contributed by atoms with Crippen LogP contribution in [0.3, 0.4) is 0 Å². The van der Waals surface area contributed by atoms with Crippen molar-refractivity contribution in [3.63, 3.8) is 0 Å². The lowest BCUT2D eigenvalue weighted by atomic mass is 9.98. The molecule has 1 saturated carbocycles. The molecular weight excluding hydrogens is 394 g/mol. The van der Waals surface area contributed by atoms with Crippen molar-refractivity contribution in [1.29, 1.82) is 0 Å². The van der Waals surface area contributed by atoms with Crippen molar-refractivity contribution < 1.29 is 19.1 Å². The fourth-order valence-corrected chi connectivity index (χ4v) is 4.98. The molecule has 2 aromatic rings. The van der Waals surface area contributed by atoms with Gasteiger partial charge >= 0.3 is 0 Å². The van der Waals surface area contributed by atoms with Gasteiger partial charge in [0.1, 0.15) is 24.1 Å². The molecule has 2 aliphatic heterocycles. The van der Waals surface area contributed by atoms with Crippen LogP contribution in [-0.2, 0) is 16.0 Å². The van der Waals surface area contributed by atoms with Gasteiger partial charge in [0.2, 0.25) is 11.8 Å². The van der Waals surface area contributed by atoms with Crippen molar-refractivity contribution in [2.24, 2.45) is 11.1 Å². The Balaban J connectivity index is 1.29. The van der Waals surface area contributed by atoms with E-state index in [9.17, 15) is 14.4 Å². The summed E-state index contributed by atoms with van der Waals surface area (Å²) in [5.41, 5.74) is 7.02. The number of nitrogens with zero attached hydrogens (tertiary/aromatic N) is 2. The highest BCUT2D eigenvalue weighted by atomic mass is 16.5. The largest absolute Gasteiger partial charge is 0.457 e. The van der Waals surface area contributed by atoms with Gasteiger partial charge in [-0.1, -0.05) is 25.1 Å². The molecular formula is C24H25N3O4. The standard InChI is InChI=1S/C24H25N3O4/c1-24-12-19(22(25)29)27(20(24)13-24)21(28)14-26-10-9-15-11-17(7-8-18(15)23(26)30)31-16-5-3-2-4-6-16/h2-8,11,19-20H,9-10,12-14H2,1H3,(H2,25,29). The number of amides is 3. The van der Waals surface area contributed by atoms with Crippen molar-refractivity contribution >= 4 is 17.7 Å². The average molecular weight is 419 g/mol. The Kier molecular flexibility index (Phi) is 4.50. The Morgan fingerprint density at radius 2 is 1.90 bits per heavy atom. The number of carbonyl (C=O) groups excluding carboxylic acids is 3. The minimum atomic E-state index is -0.568. The fraction of sp³-hybridized carbons (Fsp3) is 0.375. The number of nitrogens with two attached hydrogens (primary N) is 1. The maximum absolute atomic E-state index is 13.0. The summed E-state index contributed by atoms with van der Waals surface area (Å²) in [5.74, 6) is 0.573. The first-order chi connectivity index (χ1) is 14.9. The molecule has 7 nitrogen and oxygen atoms in total. The normalized spacial score (nSPS) is 26.3. The van der Waals surface area contributed by atoms with Gasteiger partial charge in [-0.25, -0.2) is 0 Å². The van der Waals surface area contributed by atoms with Gasteiger partial charge in [0.25, 0.3) is 5.91 Å². The molecule has 2 fully saturated rings. The van der Waals surface area contributed by atoms with E-state index in [0.717, 1.165) is 17.7 Å². The predicted molar refractivity (Wildman–Crippen MR) is 114 cm³/mol. The Hall–Kier alpha value is -3.35. The molecule has 3 amide bonds. The van der Waals surface area contributed by atoms with Crippen LogP contribution in [0.4, 0.5) is 0 Å². The summed E-state index contributed by atoms with van der Waals surface area (Å²) in [5, 5.41) is 0. The van der Waals surface area contributed by atoms with Crippen LogP contribution in [0.25, 0.3) is 0 Å². The number of hydrogen-bond donors (Lipinski definition) is 1. The molecule has 1 aliphatic carbocycles. The second kappa shape index (κ2) is 7.11. The summed E-state index contributed by atoms with van der Waals surface area (Å²) in [6.45, 7) is 2.50. The van der Waals surface area contributed by atoms with Crippen LogP contribution in [0.5, 0.6) is 11.5 Å². The molecule has 160 valence electrons. The summed E-state index contributed by atoms with van der Waals surface area (Å²) in [6.07, 6.45) is 2.14. The number of carbonyl (C=O) groups is 3. The van der Waals surface area contributed by atoms with Gasteiger partial charge in [0.05, 0.1) is 0 Å². The summed E-state index contributed by atoms with van der Waals surface area (Å²) in [6, 6.07) is 14.4. The molecule has 3 unspecified atom stereocenters. The molecule has 0 radical (unpaired) electrons. The highest BCUT2D eigenvalue weighted by Crippen LogP contribution is 2.59. The Labute approximate surface area is 180 Å². The highest BCUT2D eigenvalue weighted by Gasteiger charge is 2.64. The molecule has 1 saturated heterocycles. The van der Waals surface area contributed by atoms with Crippen LogP contribution in [0.15, 0.2) is 48.5 Å². The minimum absolute atomic E-state index is 0.0109. The molecule has 3 aliphatic rings. The van der Waals surface area contributed by atoms with Gasteiger partial charge in [-0.05, 0) is 60.6 Å². The molecule has 0 bridgehead atoms. The zero-order valence-electron chi connectivity index (χ0n) is 17.4. The zero-order chi connectivity index (χ0) is 21.8. The zero-order valence-corrected chi connectivity index (χ0v) is 17.4. The van der Waals surface area contributed by atoms with E-state index in [1.807, 2.05) is 36.4 Å². The average Bonchev–Trinajstić information content (AvgIpc) is 3.31. The van der Waals surface area contributed by atoms with Crippen molar-refractivity contribution in [3.8, 4) is 11.5 Å². The molecule has 31 heavy (non-hydrogen) atoms. The van der Waals surface area contributed by atoms with Gasteiger partial charge in [-0.15, -0.1) is 0 Å². The number of fused-ring (bicyclic) bond motifs is 2. The molecule has 2 N–H and O–H groups in total. The van der Waals surface area contributed by atoms with E-state index in [1.165, 1.54) is 0 Å². The Morgan fingerprint density at radius 1 is 1.13 bits per heavy atom. The predicted octanol–water partition coefficient (Wildman–Crippen LogP) is 2.34. The van der Waals surface area contributed by atoms with Crippen molar-refractivity contribution in [2.45, 2.75) is 38.3 Å². The first-order valence-corrected chi connectivity index (χ1v) is 10.6. The van der Waals surface area contributed by atoms with Crippen molar-refractivity contribution in [1.82, 2.24) is 9.80 Å². The monoisotopic (exact) mass is 419 g/mol. The van der Waals surface area contributed by atoms with E-state index in [1.54, 1.807) is 21.9 Å². The molecule has 3 atom stereocenters. The van der Waals surface area contributed by atoms with E-state index in [4.69, 9.17) is 10.5 Å². The molecule has 2 aromatic carbocycles. The number of primary amides is 1. The van der Waals surface area contributed by atoms with Crippen LogP contribution < -0.4 is 10.5 Å². The number of likely N-dealkylation sites (tertiary alicyclic amines) is 1. The van der Waals surface area contributed by atoms with Crippen molar-refractivity contribution in [2.75, 3.05) is 13.1 Å². The fourth-order valence-electron chi connectivity index (χ4n) is 4.98. The molecule has 5 rings (SSSR count). The second-order valence-electron chi connectivity index (χ2n) is 9.01. The topological polar surface area (TPSA) is 92.9 Å². The number of para-hydroxylation sites is 1. The molecule has 2 heterocycles. The lowest BCUT2D eigenvalue weighted by Crippen LogP contribution is -2.51. The lowest BCUT2D eigenvalue weighted by molar-refractivity contribution is -0.139.